The Morgan fingerprint density at radius 1 is 1.29 bits per heavy atom. The third-order valence-corrected chi connectivity index (χ3v) is 3.85. The molecule has 4 nitrogen and oxygen atoms in total. The third kappa shape index (κ3) is 4.83. The predicted octanol–water partition coefficient (Wildman–Crippen LogP) is 2.64. The molecule has 1 aliphatic rings. The van der Waals surface area contributed by atoms with Crippen LogP contribution in [0.3, 0.4) is 0 Å². The number of aliphatic hydroxyl groups is 1. The SMILES string of the molecule is CC(C)OCc1ccc(C(=O)NC2CCCCC2O)cc1. The van der Waals surface area contributed by atoms with Crippen LogP contribution < -0.4 is 5.32 Å². The van der Waals surface area contributed by atoms with Crippen LogP contribution in [-0.2, 0) is 11.3 Å². The van der Waals surface area contributed by atoms with E-state index in [-0.39, 0.29) is 18.1 Å². The van der Waals surface area contributed by atoms with Crippen LogP contribution in [0.1, 0.15) is 55.5 Å². The maximum atomic E-state index is 12.2. The monoisotopic (exact) mass is 291 g/mol. The minimum absolute atomic E-state index is 0.114. The van der Waals surface area contributed by atoms with E-state index in [4.69, 9.17) is 4.74 Å². The van der Waals surface area contributed by atoms with Gasteiger partial charge in [0.2, 0.25) is 0 Å². The van der Waals surface area contributed by atoms with Crippen molar-refractivity contribution in [2.24, 2.45) is 0 Å². The number of hydrogen-bond acceptors (Lipinski definition) is 3. The first-order valence-electron chi connectivity index (χ1n) is 7.75. The van der Waals surface area contributed by atoms with Crippen LogP contribution in [-0.4, -0.2) is 29.3 Å². The summed E-state index contributed by atoms with van der Waals surface area (Å²) in [4.78, 5) is 12.2. The molecule has 2 unspecified atom stereocenters. The standard InChI is InChI=1S/C17H25NO3/c1-12(2)21-11-13-7-9-14(10-8-13)17(20)18-15-5-3-4-6-16(15)19/h7-10,12,15-16,19H,3-6,11H2,1-2H3,(H,18,20). The topological polar surface area (TPSA) is 58.6 Å². The Balaban J connectivity index is 1.90. The Morgan fingerprint density at radius 3 is 2.57 bits per heavy atom. The summed E-state index contributed by atoms with van der Waals surface area (Å²) >= 11 is 0. The summed E-state index contributed by atoms with van der Waals surface area (Å²) in [5, 5.41) is 12.8. The largest absolute Gasteiger partial charge is 0.391 e. The highest BCUT2D eigenvalue weighted by Gasteiger charge is 2.24. The van der Waals surface area contributed by atoms with E-state index < -0.39 is 6.10 Å². The fourth-order valence-electron chi connectivity index (χ4n) is 2.55. The highest BCUT2D eigenvalue weighted by Crippen LogP contribution is 2.19. The lowest BCUT2D eigenvalue weighted by molar-refractivity contribution is 0.0656. The number of nitrogens with one attached hydrogen (secondary N) is 1. The van der Waals surface area contributed by atoms with Gasteiger partial charge in [0, 0.05) is 5.56 Å². The lowest BCUT2D eigenvalue weighted by Gasteiger charge is -2.28. The van der Waals surface area contributed by atoms with Crippen LogP contribution in [0.5, 0.6) is 0 Å². The number of rotatable bonds is 5. The van der Waals surface area contributed by atoms with Gasteiger partial charge < -0.3 is 15.2 Å². The zero-order valence-corrected chi connectivity index (χ0v) is 12.8. The van der Waals surface area contributed by atoms with Crippen LogP contribution in [0.4, 0.5) is 0 Å². The number of ether oxygens (including phenoxy) is 1. The summed E-state index contributed by atoms with van der Waals surface area (Å²) in [6.07, 6.45) is 3.51. The molecule has 1 fully saturated rings. The Hall–Kier alpha value is -1.39. The second kappa shape index (κ2) is 7.57. The molecule has 1 aliphatic carbocycles. The van der Waals surface area contributed by atoms with Crippen LogP contribution >= 0.6 is 0 Å². The van der Waals surface area contributed by atoms with E-state index in [9.17, 15) is 9.90 Å². The summed E-state index contributed by atoms with van der Waals surface area (Å²) in [5.74, 6) is -0.114. The van der Waals surface area contributed by atoms with E-state index in [1.54, 1.807) is 0 Å². The van der Waals surface area contributed by atoms with Crippen molar-refractivity contribution in [2.45, 2.75) is 64.4 Å². The van der Waals surface area contributed by atoms with E-state index >= 15 is 0 Å². The molecule has 0 spiro atoms. The fraction of sp³-hybridized carbons (Fsp3) is 0.588. The van der Waals surface area contributed by atoms with Crippen LogP contribution in [0.25, 0.3) is 0 Å². The van der Waals surface area contributed by atoms with Crippen LogP contribution in [0.2, 0.25) is 0 Å². The molecule has 0 aliphatic heterocycles. The molecule has 1 saturated carbocycles. The molecule has 0 radical (unpaired) electrons. The molecule has 116 valence electrons. The van der Waals surface area contributed by atoms with Gasteiger partial charge in [-0.3, -0.25) is 4.79 Å². The minimum atomic E-state index is -0.415. The van der Waals surface area contributed by atoms with E-state index in [0.29, 0.717) is 12.2 Å². The Morgan fingerprint density at radius 2 is 1.95 bits per heavy atom. The highest BCUT2D eigenvalue weighted by atomic mass is 16.5. The van der Waals surface area contributed by atoms with Crippen molar-refractivity contribution >= 4 is 5.91 Å². The zero-order chi connectivity index (χ0) is 15.2. The van der Waals surface area contributed by atoms with Crippen molar-refractivity contribution in [2.75, 3.05) is 0 Å². The third-order valence-electron chi connectivity index (χ3n) is 3.85. The summed E-state index contributed by atoms with van der Waals surface area (Å²) in [6, 6.07) is 7.33. The molecular formula is C17H25NO3. The second-order valence-corrected chi connectivity index (χ2v) is 5.99. The lowest BCUT2D eigenvalue weighted by Crippen LogP contribution is -2.45. The van der Waals surface area contributed by atoms with Gasteiger partial charge in [0.1, 0.15) is 0 Å². The molecule has 2 N–H and O–H groups in total. The van der Waals surface area contributed by atoms with E-state index in [1.165, 1.54) is 0 Å². The molecule has 2 atom stereocenters. The molecule has 0 bridgehead atoms. The van der Waals surface area contributed by atoms with Gasteiger partial charge in [-0.05, 0) is 44.4 Å². The van der Waals surface area contributed by atoms with Gasteiger partial charge >= 0.3 is 0 Å². The van der Waals surface area contributed by atoms with Crippen molar-refractivity contribution in [1.29, 1.82) is 0 Å². The number of amides is 1. The van der Waals surface area contributed by atoms with E-state index in [2.05, 4.69) is 5.32 Å². The summed E-state index contributed by atoms with van der Waals surface area (Å²) in [6.45, 7) is 4.55. The van der Waals surface area contributed by atoms with Gasteiger partial charge in [0.25, 0.3) is 5.91 Å². The normalized spacial score (nSPS) is 22.3. The van der Waals surface area contributed by atoms with Gasteiger partial charge in [0.15, 0.2) is 0 Å². The average molecular weight is 291 g/mol. The maximum absolute atomic E-state index is 12.2. The van der Waals surface area contributed by atoms with Crippen LogP contribution in [0.15, 0.2) is 24.3 Å². The first-order chi connectivity index (χ1) is 10.1. The Labute approximate surface area is 126 Å². The van der Waals surface area contributed by atoms with Gasteiger partial charge in [-0.25, -0.2) is 0 Å². The maximum Gasteiger partial charge on any atom is 0.251 e. The number of hydrogen-bond donors (Lipinski definition) is 2. The molecule has 0 heterocycles. The van der Waals surface area contributed by atoms with E-state index in [1.807, 2.05) is 38.1 Å². The number of aliphatic hydroxyl groups excluding tert-OH is 1. The number of carbonyl (C=O) groups excluding carboxylic acids is 1. The van der Waals surface area contributed by atoms with Crippen molar-refractivity contribution < 1.29 is 14.6 Å². The molecule has 2 rings (SSSR count). The highest BCUT2D eigenvalue weighted by molar-refractivity contribution is 5.94. The minimum Gasteiger partial charge on any atom is -0.391 e. The van der Waals surface area contributed by atoms with Gasteiger partial charge in [-0.2, -0.15) is 0 Å². The quantitative estimate of drug-likeness (QED) is 0.877. The number of carbonyl (C=O) groups is 1. The Kier molecular flexibility index (Phi) is 5.76. The first kappa shape index (κ1) is 16.0. The van der Waals surface area contributed by atoms with Crippen LogP contribution in [0, 0.1) is 0 Å². The molecule has 1 amide bonds. The van der Waals surface area contributed by atoms with Crippen molar-refractivity contribution in [3.8, 4) is 0 Å². The van der Waals surface area contributed by atoms with Gasteiger partial charge in [-0.1, -0.05) is 25.0 Å². The molecule has 0 saturated heterocycles. The summed E-state index contributed by atoms with van der Waals surface area (Å²) in [7, 11) is 0. The van der Waals surface area contributed by atoms with Crippen molar-refractivity contribution in [3.63, 3.8) is 0 Å². The molecular weight excluding hydrogens is 266 g/mol. The molecule has 1 aromatic carbocycles. The Bertz CT molecular complexity index is 456. The van der Waals surface area contributed by atoms with Crippen molar-refractivity contribution in [1.82, 2.24) is 5.32 Å². The zero-order valence-electron chi connectivity index (χ0n) is 12.8. The van der Waals surface area contributed by atoms with Gasteiger partial charge in [0.05, 0.1) is 24.9 Å². The average Bonchev–Trinajstić information content (AvgIpc) is 2.48. The summed E-state index contributed by atoms with van der Waals surface area (Å²) in [5.41, 5.74) is 1.68. The molecule has 21 heavy (non-hydrogen) atoms. The second-order valence-electron chi connectivity index (χ2n) is 5.99. The smallest absolute Gasteiger partial charge is 0.251 e. The first-order valence-corrected chi connectivity index (χ1v) is 7.75. The predicted molar refractivity (Wildman–Crippen MR) is 82.1 cm³/mol. The lowest BCUT2D eigenvalue weighted by atomic mass is 9.92. The summed E-state index contributed by atoms with van der Waals surface area (Å²) < 4.78 is 5.53. The molecule has 4 heteroatoms. The fourth-order valence-corrected chi connectivity index (χ4v) is 2.55. The number of benzene rings is 1. The van der Waals surface area contributed by atoms with E-state index in [0.717, 1.165) is 31.2 Å². The molecule has 1 aromatic rings. The van der Waals surface area contributed by atoms with Gasteiger partial charge in [-0.15, -0.1) is 0 Å². The van der Waals surface area contributed by atoms with Crippen molar-refractivity contribution in [3.05, 3.63) is 35.4 Å². The molecule has 0 aromatic heterocycles.